The van der Waals surface area contributed by atoms with Gasteiger partial charge in [-0.2, -0.15) is 5.26 Å². The van der Waals surface area contributed by atoms with Crippen molar-refractivity contribution in [2.75, 3.05) is 32.9 Å². The highest BCUT2D eigenvalue weighted by Crippen LogP contribution is 2.28. The van der Waals surface area contributed by atoms with Gasteiger partial charge in [0.25, 0.3) is 5.91 Å². The minimum atomic E-state index is -0.0815. The van der Waals surface area contributed by atoms with Crippen LogP contribution in [0.25, 0.3) is 0 Å². The molecule has 1 aromatic rings. The van der Waals surface area contributed by atoms with Crippen molar-refractivity contribution in [3.05, 3.63) is 23.8 Å². The zero-order valence-electron chi connectivity index (χ0n) is 12.9. The van der Waals surface area contributed by atoms with Gasteiger partial charge in [-0.1, -0.05) is 0 Å². The number of nitrogens with zero attached hydrogens (tertiary/aromatic N) is 2. The summed E-state index contributed by atoms with van der Waals surface area (Å²) in [6.45, 7) is 5.90. The first kappa shape index (κ1) is 16.1. The Bertz CT molecular complexity index is 568. The van der Waals surface area contributed by atoms with Gasteiger partial charge in [-0.25, -0.2) is 0 Å². The molecule has 0 aliphatic carbocycles. The van der Waals surface area contributed by atoms with E-state index in [0.29, 0.717) is 43.4 Å². The molecule has 1 aliphatic rings. The largest absolute Gasteiger partial charge is 0.490 e. The molecular weight excluding hydrogens is 284 g/mol. The zero-order chi connectivity index (χ0) is 15.9. The number of morpholine rings is 1. The van der Waals surface area contributed by atoms with Crippen LogP contribution in [0.15, 0.2) is 18.2 Å². The second kappa shape index (κ2) is 7.66. The Labute approximate surface area is 130 Å². The molecule has 118 valence electrons. The molecule has 1 aromatic carbocycles. The molecule has 0 radical (unpaired) electrons. The lowest BCUT2D eigenvalue weighted by atomic mass is 10.2. The molecular formula is C16H20N2O4. The summed E-state index contributed by atoms with van der Waals surface area (Å²) in [5.74, 6) is 0.863. The fraction of sp³-hybridized carbons (Fsp3) is 0.500. The van der Waals surface area contributed by atoms with Gasteiger partial charge in [0.2, 0.25) is 0 Å². The van der Waals surface area contributed by atoms with E-state index in [9.17, 15) is 4.79 Å². The summed E-state index contributed by atoms with van der Waals surface area (Å²) in [5.41, 5.74) is 0.490. The predicted octanol–water partition coefficient (Wildman–Crippen LogP) is 1.58. The third-order valence-electron chi connectivity index (χ3n) is 3.32. The highest BCUT2D eigenvalue weighted by molar-refractivity contribution is 5.78. The van der Waals surface area contributed by atoms with Gasteiger partial charge in [-0.15, -0.1) is 0 Å². The van der Waals surface area contributed by atoms with Gasteiger partial charge in [0, 0.05) is 19.2 Å². The summed E-state index contributed by atoms with van der Waals surface area (Å²) in [4.78, 5) is 13.9. The van der Waals surface area contributed by atoms with Crippen LogP contribution >= 0.6 is 0 Å². The third-order valence-corrected chi connectivity index (χ3v) is 3.32. The van der Waals surface area contributed by atoms with E-state index in [1.807, 2.05) is 19.9 Å². The molecule has 1 atom stereocenters. The van der Waals surface area contributed by atoms with Crippen molar-refractivity contribution in [3.8, 4) is 17.6 Å². The Morgan fingerprint density at radius 3 is 2.95 bits per heavy atom. The first-order valence-electron chi connectivity index (χ1n) is 7.33. The second-order valence-corrected chi connectivity index (χ2v) is 5.02. The van der Waals surface area contributed by atoms with Crippen molar-refractivity contribution in [1.29, 1.82) is 5.26 Å². The summed E-state index contributed by atoms with van der Waals surface area (Å²) in [6.07, 6.45) is 0.0478. The Morgan fingerprint density at radius 1 is 1.45 bits per heavy atom. The topological polar surface area (TPSA) is 71.8 Å². The average Bonchev–Trinajstić information content (AvgIpc) is 2.53. The maximum absolute atomic E-state index is 12.2. The Morgan fingerprint density at radius 2 is 2.27 bits per heavy atom. The van der Waals surface area contributed by atoms with E-state index in [1.54, 1.807) is 23.1 Å². The summed E-state index contributed by atoms with van der Waals surface area (Å²) < 4.78 is 16.4. The van der Waals surface area contributed by atoms with Crippen LogP contribution in [0.2, 0.25) is 0 Å². The van der Waals surface area contributed by atoms with Crippen LogP contribution in [-0.4, -0.2) is 49.8 Å². The number of carbonyl (C=O) groups is 1. The molecule has 22 heavy (non-hydrogen) atoms. The van der Waals surface area contributed by atoms with Crippen LogP contribution in [0.4, 0.5) is 0 Å². The molecule has 2 rings (SSSR count). The minimum Gasteiger partial charge on any atom is -0.490 e. The molecule has 0 bridgehead atoms. The number of ether oxygens (including phenoxy) is 3. The van der Waals surface area contributed by atoms with E-state index in [4.69, 9.17) is 19.5 Å². The highest BCUT2D eigenvalue weighted by Gasteiger charge is 2.22. The Kier molecular flexibility index (Phi) is 5.61. The monoisotopic (exact) mass is 304 g/mol. The fourth-order valence-electron chi connectivity index (χ4n) is 2.24. The number of benzene rings is 1. The summed E-state index contributed by atoms with van der Waals surface area (Å²) in [5, 5.41) is 8.92. The van der Waals surface area contributed by atoms with Crippen LogP contribution in [0.1, 0.15) is 19.4 Å². The van der Waals surface area contributed by atoms with E-state index >= 15 is 0 Å². The molecule has 1 amide bonds. The fourth-order valence-corrected chi connectivity index (χ4v) is 2.24. The van der Waals surface area contributed by atoms with E-state index in [-0.39, 0.29) is 18.6 Å². The van der Waals surface area contributed by atoms with E-state index in [0.717, 1.165) is 0 Å². The number of hydrogen-bond donors (Lipinski definition) is 0. The SMILES string of the molecule is CCOc1cc(C#N)ccc1OCC(=O)N1CCO[C@@H](C)C1. The third kappa shape index (κ3) is 4.12. The standard InChI is InChI=1S/C16H20N2O4/c1-3-20-15-8-13(9-17)4-5-14(15)22-11-16(19)18-6-7-21-12(2)10-18/h4-5,8,12H,3,6-7,10-11H2,1-2H3/t12-/m0/s1. The van der Waals surface area contributed by atoms with E-state index < -0.39 is 0 Å². The quantitative estimate of drug-likeness (QED) is 0.826. The van der Waals surface area contributed by atoms with E-state index in [2.05, 4.69) is 0 Å². The molecule has 6 nitrogen and oxygen atoms in total. The maximum Gasteiger partial charge on any atom is 0.260 e. The van der Waals surface area contributed by atoms with Crippen LogP contribution in [0.5, 0.6) is 11.5 Å². The molecule has 0 unspecified atom stereocenters. The van der Waals surface area contributed by atoms with Crippen molar-refractivity contribution >= 4 is 5.91 Å². The number of nitriles is 1. The maximum atomic E-state index is 12.2. The van der Waals surface area contributed by atoms with Gasteiger partial charge in [0.05, 0.1) is 31.0 Å². The van der Waals surface area contributed by atoms with Crippen molar-refractivity contribution in [2.24, 2.45) is 0 Å². The number of hydrogen-bond acceptors (Lipinski definition) is 5. The molecule has 1 heterocycles. The van der Waals surface area contributed by atoms with Crippen LogP contribution < -0.4 is 9.47 Å². The molecule has 0 N–H and O–H groups in total. The molecule has 1 fully saturated rings. The number of amides is 1. The first-order valence-corrected chi connectivity index (χ1v) is 7.33. The zero-order valence-corrected chi connectivity index (χ0v) is 12.9. The van der Waals surface area contributed by atoms with Gasteiger partial charge in [-0.3, -0.25) is 4.79 Å². The van der Waals surface area contributed by atoms with Gasteiger partial charge in [0.1, 0.15) is 0 Å². The van der Waals surface area contributed by atoms with Gasteiger partial charge in [0.15, 0.2) is 18.1 Å². The Balaban J connectivity index is 1.98. The molecule has 1 aliphatic heterocycles. The number of rotatable bonds is 5. The second-order valence-electron chi connectivity index (χ2n) is 5.02. The van der Waals surface area contributed by atoms with Crippen molar-refractivity contribution in [3.63, 3.8) is 0 Å². The summed E-state index contributed by atoms with van der Waals surface area (Å²) in [6, 6.07) is 6.95. The van der Waals surface area contributed by atoms with Gasteiger partial charge < -0.3 is 19.1 Å². The lowest BCUT2D eigenvalue weighted by molar-refractivity contribution is -0.140. The summed E-state index contributed by atoms with van der Waals surface area (Å²) >= 11 is 0. The molecule has 0 saturated carbocycles. The van der Waals surface area contributed by atoms with Crippen LogP contribution in [0.3, 0.4) is 0 Å². The highest BCUT2D eigenvalue weighted by atomic mass is 16.5. The number of carbonyl (C=O) groups excluding carboxylic acids is 1. The van der Waals surface area contributed by atoms with Crippen molar-refractivity contribution in [2.45, 2.75) is 20.0 Å². The normalized spacial score (nSPS) is 17.7. The Hall–Kier alpha value is -2.26. The minimum absolute atomic E-state index is 0.0478. The molecule has 1 saturated heterocycles. The predicted molar refractivity (Wildman–Crippen MR) is 79.8 cm³/mol. The lowest BCUT2D eigenvalue weighted by Crippen LogP contribution is -2.46. The van der Waals surface area contributed by atoms with Gasteiger partial charge in [-0.05, 0) is 26.0 Å². The smallest absolute Gasteiger partial charge is 0.260 e. The van der Waals surface area contributed by atoms with Crippen LogP contribution in [0, 0.1) is 11.3 Å². The molecule has 6 heteroatoms. The first-order chi connectivity index (χ1) is 10.6. The molecule has 0 aromatic heterocycles. The molecule has 0 spiro atoms. The van der Waals surface area contributed by atoms with Crippen LogP contribution in [-0.2, 0) is 9.53 Å². The summed E-state index contributed by atoms with van der Waals surface area (Å²) in [7, 11) is 0. The lowest BCUT2D eigenvalue weighted by Gasteiger charge is -2.31. The van der Waals surface area contributed by atoms with Gasteiger partial charge >= 0.3 is 0 Å². The van der Waals surface area contributed by atoms with Crippen molar-refractivity contribution in [1.82, 2.24) is 4.90 Å². The van der Waals surface area contributed by atoms with E-state index in [1.165, 1.54) is 0 Å². The average molecular weight is 304 g/mol. The van der Waals surface area contributed by atoms with Crippen molar-refractivity contribution < 1.29 is 19.0 Å².